The summed E-state index contributed by atoms with van der Waals surface area (Å²) in [5, 5.41) is 11.3. The molecule has 13 heteroatoms. The monoisotopic (exact) mass is 456 g/mol. The predicted octanol–water partition coefficient (Wildman–Crippen LogP) is 1.33. The fraction of sp³-hybridized carbons (Fsp3) is 0.421. The van der Waals surface area contributed by atoms with Gasteiger partial charge in [0.2, 0.25) is 11.8 Å². The Kier molecular flexibility index (Phi) is 8.70. The van der Waals surface area contributed by atoms with Crippen LogP contribution in [0.5, 0.6) is 0 Å². The Morgan fingerprint density at radius 3 is 2.56 bits per heavy atom. The fourth-order valence-electron chi connectivity index (χ4n) is 2.68. The summed E-state index contributed by atoms with van der Waals surface area (Å²) in [6.07, 6.45) is -3.57. The zero-order valence-corrected chi connectivity index (χ0v) is 17.4. The quantitative estimate of drug-likeness (QED) is 0.495. The van der Waals surface area contributed by atoms with Crippen molar-refractivity contribution in [1.29, 1.82) is 0 Å². The molecule has 2 aromatic heterocycles. The molecule has 0 saturated carbocycles. The van der Waals surface area contributed by atoms with Gasteiger partial charge in [-0.05, 0) is 23.8 Å². The van der Waals surface area contributed by atoms with Gasteiger partial charge in [0.05, 0.1) is 25.6 Å². The van der Waals surface area contributed by atoms with E-state index in [1.165, 1.54) is 42.4 Å². The van der Waals surface area contributed by atoms with Gasteiger partial charge in [-0.2, -0.15) is 18.3 Å². The maximum Gasteiger partial charge on any atom is 0.389 e. The number of hydrogen-bond acceptors (Lipinski definition) is 6. The van der Waals surface area contributed by atoms with Crippen molar-refractivity contribution in [2.24, 2.45) is 7.05 Å². The summed E-state index contributed by atoms with van der Waals surface area (Å²) < 4.78 is 43.4. The Morgan fingerprint density at radius 2 is 1.94 bits per heavy atom. The smallest absolute Gasteiger partial charge is 0.382 e. The number of anilines is 1. The summed E-state index contributed by atoms with van der Waals surface area (Å²) in [4.78, 5) is 40.1. The SMILES string of the molecule is COCC(NC(=O)CCC(F)(F)F)c1ccnc(NC(=O)CNC(=O)c2ccnn2C)c1. The standard InChI is InChI=1S/C19H23F3N6O4/c1-28-14(5-8-25-28)18(31)24-10-17(30)27-15-9-12(4-7-23-15)13(11-32-2)26-16(29)3-6-19(20,21)22/h4-5,7-9,13H,3,6,10-11H2,1-2H3,(H,24,31)(H,26,29)(H,23,27,30). The van der Waals surface area contributed by atoms with Crippen molar-refractivity contribution < 1.29 is 32.3 Å². The lowest BCUT2D eigenvalue weighted by Gasteiger charge is -2.19. The number of methoxy groups -OCH3 is 1. The number of hydrogen-bond donors (Lipinski definition) is 3. The van der Waals surface area contributed by atoms with E-state index in [0.29, 0.717) is 5.56 Å². The van der Waals surface area contributed by atoms with Gasteiger partial charge >= 0.3 is 6.18 Å². The molecule has 0 fully saturated rings. The summed E-state index contributed by atoms with van der Waals surface area (Å²) >= 11 is 0. The van der Waals surface area contributed by atoms with Gasteiger partial charge in [-0.25, -0.2) is 4.98 Å². The highest BCUT2D eigenvalue weighted by atomic mass is 19.4. The van der Waals surface area contributed by atoms with Gasteiger partial charge in [0, 0.05) is 33.0 Å². The van der Waals surface area contributed by atoms with E-state index in [-0.39, 0.29) is 24.7 Å². The Labute approximate surface area is 181 Å². The lowest BCUT2D eigenvalue weighted by molar-refractivity contribution is -0.144. The Balaban J connectivity index is 1.96. The fourth-order valence-corrected chi connectivity index (χ4v) is 2.68. The number of pyridine rings is 1. The van der Waals surface area contributed by atoms with Crippen molar-refractivity contribution in [2.45, 2.75) is 25.1 Å². The largest absolute Gasteiger partial charge is 0.389 e. The van der Waals surface area contributed by atoms with E-state index < -0.39 is 42.8 Å². The molecule has 3 amide bonds. The Bertz CT molecular complexity index is 947. The molecule has 2 heterocycles. The highest BCUT2D eigenvalue weighted by Crippen LogP contribution is 2.22. The minimum absolute atomic E-state index is 0.00405. The zero-order chi connectivity index (χ0) is 23.7. The van der Waals surface area contributed by atoms with Crippen LogP contribution in [0.15, 0.2) is 30.6 Å². The van der Waals surface area contributed by atoms with Gasteiger partial charge in [0.1, 0.15) is 11.5 Å². The van der Waals surface area contributed by atoms with Crippen LogP contribution in [-0.4, -0.2) is 58.9 Å². The maximum atomic E-state index is 12.3. The Morgan fingerprint density at radius 1 is 1.19 bits per heavy atom. The number of ether oxygens (including phenoxy) is 1. The second kappa shape index (κ2) is 11.2. The molecule has 0 saturated heterocycles. The number of aryl methyl sites for hydroxylation is 1. The second-order valence-electron chi connectivity index (χ2n) is 6.74. The lowest BCUT2D eigenvalue weighted by atomic mass is 10.1. The van der Waals surface area contributed by atoms with Crippen LogP contribution in [0.25, 0.3) is 0 Å². The average molecular weight is 456 g/mol. The molecule has 1 atom stereocenters. The summed E-state index contributed by atoms with van der Waals surface area (Å²) in [7, 11) is 2.96. The molecule has 10 nitrogen and oxygen atoms in total. The summed E-state index contributed by atoms with van der Waals surface area (Å²) in [6.45, 7) is -0.332. The molecule has 32 heavy (non-hydrogen) atoms. The highest BCUT2D eigenvalue weighted by molar-refractivity contribution is 5.98. The topological polar surface area (TPSA) is 127 Å². The number of amides is 3. The lowest BCUT2D eigenvalue weighted by Crippen LogP contribution is -2.34. The van der Waals surface area contributed by atoms with Crippen LogP contribution < -0.4 is 16.0 Å². The minimum Gasteiger partial charge on any atom is -0.382 e. The first-order chi connectivity index (χ1) is 15.1. The number of carbonyl (C=O) groups is 3. The first-order valence-corrected chi connectivity index (χ1v) is 9.46. The van der Waals surface area contributed by atoms with E-state index in [1.54, 1.807) is 7.05 Å². The van der Waals surface area contributed by atoms with Gasteiger partial charge in [-0.3, -0.25) is 19.1 Å². The first kappa shape index (κ1) is 24.8. The molecule has 2 rings (SSSR count). The highest BCUT2D eigenvalue weighted by Gasteiger charge is 2.28. The predicted molar refractivity (Wildman–Crippen MR) is 106 cm³/mol. The normalized spacial score (nSPS) is 12.2. The molecule has 3 N–H and O–H groups in total. The first-order valence-electron chi connectivity index (χ1n) is 9.46. The van der Waals surface area contributed by atoms with Crippen LogP contribution in [0, 0.1) is 0 Å². The van der Waals surface area contributed by atoms with Crippen LogP contribution in [0.2, 0.25) is 0 Å². The number of carbonyl (C=O) groups excluding carboxylic acids is 3. The van der Waals surface area contributed by atoms with Crippen LogP contribution in [0.4, 0.5) is 19.0 Å². The number of aromatic nitrogens is 3. The van der Waals surface area contributed by atoms with Gasteiger partial charge in [0.15, 0.2) is 0 Å². The molecule has 0 radical (unpaired) electrons. The van der Waals surface area contributed by atoms with Gasteiger partial charge in [0.25, 0.3) is 5.91 Å². The molecule has 0 aromatic carbocycles. The van der Waals surface area contributed by atoms with E-state index >= 15 is 0 Å². The third-order valence-corrected chi connectivity index (χ3v) is 4.22. The van der Waals surface area contributed by atoms with Crippen LogP contribution in [-0.2, 0) is 21.4 Å². The second-order valence-corrected chi connectivity index (χ2v) is 6.74. The summed E-state index contributed by atoms with van der Waals surface area (Å²) in [5.41, 5.74) is 0.748. The van der Waals surface area contributed by atoms with Crippen molar-refractivity contribution in [3.63, 3.8) is 0 Å². The van der Waals surface area contributed by atoms with E-state index in [1.807, 2.05) is 0 Å². The molecular formula is C19H23F3N6O4. The molecular weight excluding hydrogens is 433 g/mol. The van der Waals surface area contributed by atoms with Gasteiger partial charge < -0.3 is 20.7 Å². The van der Waals surface area contributed by atoms with Crippen molar-refractivity contribution in [2.75, 3.05) is 25.6 Å². The maximum absolute atomic E-state index is 12.3. The molecule has 0 aliphatic carbocycles. The number of nitrogens with one attached hydrogen (secondary N) is 3. The number of nitrogens with zero attached hydrogens (tertiary/aromatic N) is 3. The molecule has 0 aliphatic rings. The molecule has 174 valence electrons. The zero-order valence-electron chi connectivity index (χ0n) is 17.4. The number of alkyl halides is 3. The van der Waals surface area contributed by atoms with Crippen molar-refractivity contribution in [1.82, 2.24) is 25.4 Å². The van der Waals surface area contributed by atoms with Crippen LogP contribution in [0.1, 0.15) is 34.9 Å². The van der Waals surface area contributed by atoms with Crippen LogP contribution >= 0.6 is 0 Å². The molecule has 0 aliphatic heterocycles. The molecule has 0 bridgehead atoms. The Hall–Kier alpha value is -3.48. The van der Waals surface area contributed by atoms with Gasteiger partial charge in [-0.15, -0.1) is 0 Å². The minimum atomic E-state index is -4.44. The number of rotatable bonds is 10. The molecule has 1 unspecified atom stereocenters. The molecule has 2 aromatic rings. The van der Waals surface area contributed by atoms with Crippen molar-refractivity contribution >= 4 is 23.5 Å². The third kappa shape index (κ3) is 7.98. The van der Waals surface area contributed by atoms with E-state index in [9.17, 15) is 27.6 Å². The number of halogens is 3. The van der Waals surface area contributed by atoms with Crippen molar-refractivity contribution in [3.8, 4) is 0 Å². The van der Waals surface area contributed by atoms with Crippen LogP contribution in [0.3, 0.4) is 0 Å². The summed E-state index contributed by atoms with van der Waals surface area (Å²) in [5.74, 6) is -1.69. The van der Waals surface area contributed by atoms with Gasteiger partial charge in [-0.1, -0.05) is 0 Å². The third-order valence-electron chi connectivity index (χ3n) is 4.22. The average Bonchev–Trinajstić information content (AvgIpc) is 3.16. The molecule has 0 spiro atoms. The van der Waals surface area contributed by atoms with E-state index in [0.717, 1.165) is 0 Å². The summed E-state index contributed by atoms with van der Waals surface area (Å²) in [6, 6.07) is 3.74. The van der Waals surface area contributed by atoms with E-state index in [4.69, 9.17) is 4.74 Å². The van der Waals surface area contributed by atoms with Crippen molar-refractivity contribution in [3.05, 3.63) is 41.9 Å². The van der Waals surface area contributed by atoms with E-state index in [2.05, 4.69) is 26.0 Å².